The van der Waals surface area contributed by atoms with E-state index in [0.29, 0.717) is 11.4 Å². The summed E-state index contributed by atoms with van der Waals surface area (Å²) in [5.41, 5.74) is 0.546. The number of carbonyl (C=O) groups is 2. The summed E-state index contributed by atoms with van der Waals surface area (Å²) < 4.78 is 24.5. The number of anilines is 1. The molecule has 1 atom stereocenters. The zero-order chi connectivity index (χ0) is 17.8. The van der Waals surface area contributed by atoms with E-state index in [1.54, 1.807) is 30.3 Å². The number of halogens is 1. The van der Waals surface area contributed by atoms with Gasteiger partial charge in [-0.2, -0.15) is 0 Å². The van der Waals surface area contributed by atoms with Gasteiger partial charge in [0.15, 0.2) is 24.3 Å². The van der Waals surface area contributed by atoms with Gasteiger partial charge in [-0.25, -0.2) is 4.39 Å². The Morgan fingerprint density at radius 1 is 1.24 bits per heavy atom. The first kappa shape index (κ1) is 16.8. The van der Waals surface area contributed by atoms with E-state index >= 15 is 0 Å². The van der Waals surface area contributed by atoms with Gasteiger partial charge in [0, 0.05) is 7.05 Å². The minimum atomic E-state index is -0.822. The summed E-state index contributed by atoms with van der Waals surface area (Å²) >= 11 is 0. The van der Waals surface area contributed by atoms with Gasteiger partial charge in [-0.3, -0.25) is 9.59 Å². The Hall–Kier alpha value is -3.09. The third kappa shape index (κ3) is 3.55. The average molecular weight is 344 g/mol. The fourth-order valence-electron chi connectivity index (χ4n) is 2.55. The molecule has 25 heavy (non-hydrogen) atoms. The molecule has 1 heterocycles. The molecule has 0 aliphatic carbocycles. The van der Waals surface area contributed by atoms with Crippen LogP contribution in [-0.2, 0) is 9.59 Å². The first-order valence-corrected chi connectivity index (χ1v) is 7.75. The second kappa shape index (κ2) is 7.21. The normalized spacial score (nSPS) is 15.8. The summed E-state index contributed by atoms with van der Waals surface area (Å²) in [6.07, 6.45) is -0.822. The number of benzene rings is 2. The zero-order valence-corrected chi connectivity index (χ0v) is 13.6. The summed E-state index contributed by atoms with van der Waals surface area (Å²) in [6.45, 7) is -0.300. The number of fused-ring (bicyclic) bond motifs is 1. The van der Waals surface area contributed by atoms with Crippen molar-refractivity contribution >= 4 is 17.5 Å². The van der Waals surface area contributed by atoms with Crippen LogP contribution in [0.1, 0.15) is 0 Å². The van der Waals surface area contributed by atoms with E-state index in [9.17, 15) is 14.0 Å². The topological polar surface area (TPSA) is 67.9 Å². The molecule has 0 spiro atoms. The standard InChI is InChI=1S/C18H17FN2O4/c1-20-18(23)16-10-21(13-7-3-5-9-15(13)25-16)17(22)11-24-14-8-4-2-6-12(14)19/h2-9,16H,10-11H2,1H3,(H,20,23)/t16-/m1/s1. The fraction of sp³-hybridized carbons (Fsp3) is 0.222. The molecule has 0 fully saturated rings. The maximum Gasteiger partial charge on any atom is 0.265 e. The molecule has 0 bridgehead atoms. The van der Waals surface area contributed by atoms with Gasteiger partial charge in [-0.05, 0) is 24.3 Å². The Morgan fingerprint density at radius 2 is 1.96 bits per heavy atom. The molecule has 2 aromatic carbocycles. The van der Waals surface area contributed by atoms with Gasteiger partial charge in [-0.15, -0.1) is 0 Å². The second-order valence-corrected chi connectivity index (χ2v) is 5.41. The number of rotatable bonds is 4. The van der Waals surface area contributed by atoms with Crippen LogP contribution in [0.4, 0.5) is 10.1 Å². The predicted octanol–water partition coefficient (Wildman–Crippen LogP) is 1.74. The Bertz CT molecular complexity index is 796. The molecule has 1 aliphatic rings. The highest BCUT2D eigenvalue weighted by atomic mass is 19.1. The number of hydrogen-bond donors (Lipinski definition) is 1. The van der Waals surface area contributed by atoms with Crippen molar-refractivity contribution in [3.05, 3.63) is 54.3 Å². The molecule has 2 aromatic rings. The zero-order valence-electron chi connectivity index (χ0n) is 13.6. The molecule has 0 saturated carbocycles. The largest absolute Gasteiger partial charge is 0.481 e. The number of ether oxygens (including phenoxy) is 2. The quantitative estimate of drug-likeness (QED) is 0.917. The van der Waals surface area contributed by atoms with Gasteiger partial charge in [0.05, 0.1) is 12.2 Å². The van der Waals surface area contributed by atoms with E-state index in [0.717, 1.165) is 0 Å². The highest BCUT2D eigenvalue weighted by Crippen LogP contribution is 2.33. The van der Waals surface area contributed by atoms with Crippen LogP contribution in [0.3, 0.4) is 0 Å². The molecule has 0 radical (unpaired) electrons. The lowest BCUT2D eigenvalue weighted by molar-refractivity contribution is -0.128. The van der Waals surface area contributed by atoms with Crippen LogP contribution in [0.25, 0.3) is 0 Å². The van der Waals surface area contributed by atoms with Crippen LogP contribution in [0.15, 0.2) is 48.5 Å². The number of carbonyl (C=O) groups excluding carboxylic acids is 2. The number of amides is 2. The van der Waals surface area contributed by atoms with E-state index in [2.05, 4.69) is 5.32 Å². The van der Waals surface area contributed by atoms with Crippen LogP contribution >= 0.6 is 0 Å². The number of hydrogen-bond acceptors (Lipinski definition) is 4. The number of nitrogens with one attached hydrogen (secondary N) is 1. The average Bonchev–Trinajstić information content (AvgIpc) is 2.65. The molecule has 1 aliphatic heterocycles. The van der Waals surface area contributed by atoms with Gasteiger partial charge in [-0.1, -0.05) is 24.3 Å². The number of nitrogens with zero attached hydrogens (tertiary/aromatic N) is 1. The molecule has 6 nitrogen and oxygen atoms in total. The third-order valence-corrected chi connectivity index (χ3v) is 3.80. The Labute approximate surface area is 144 Å². The van der Waals surface area contributed by atoms with Gasteiger partial charge in [0.2, 0.25) is 0 Å². The molecule has 1 N–H and O–H groups in total. The van der Waals surface area contributed by atoms with Crippen molar-refractivity contribution in [2.75, 3.05) is 25.1 Å². The van der Waals surface area contributed by atoms with E-state index < -0.39 is 17.8 Å². The van der Waals surface area contributed by atoms with E-state index in [4.69, 9.17) is 9.47 Å². The van der Waals surface area contributed by atoms with E-state index in [-0.39, 0.29) is 24.8 Å². The molecule has 7 heteroatoms. The number of para-hydroxylation sites is 3. The van der Waals surface area contributed by atoms with Crippen molar-refractivity contribution in [2.24, 2.45) is 0 Å². The van der Waals surface area contributed by atoms with Crippen LogP contribution in [0.2, 0.25) is 0 Å². The summed E-state index contributed by atoms with van der Waals surface area (Å²) in [5, 5.41) is 2.51. The van der Waals surface area contributed by atoms with Crippen LogP contribution in [-0.4, -0.2) is 38.1 Å². The minimum Gasteiger partial charge on any atom is -0.481 e. The lowest BCUT2D eigenvalue weighted by Crippen LogP contribution is -2.51. The summed E-state index contributed by atoms with van der Waals surface area (Å²) in [7, 11) is 1.50. The van der Waals surface area contributed by atoms with Crippen LogP contribution < -0.4 is 19.7 Å². The van der Waals surface area contributed by atoms with Gasteiger partial charge in [0.25, 0.3) is 11.8 Å². The SMILES string of the molecule is CNC(=O)[C@H]1CN(C(=O)COc2ccccc2F)c2ccccc2O1. The first-order valence-electron chi connectivity index (χ1n) is 7.75. The van der Waals surface area contributed by atoms with Crippen molar-refractivity contribution in [1.82, 2.24) is 5.32 Å². The molecule has 2 amide bonds. The molecule has 0 aromatic heterocycles. The van der Waals surface area contributed by atoms with Crippen molar-refractivity contribution in [1.29, 1.82) is 0 Å². The van der Waals surface area contributed by atoms with Crippen molar-refractivity contribution in [2.45, 2.75) is 6.10 Å². The maximum atomic E-state index is 13.6. The third-order valence-electron chi connectivity index (χ3n) is 3.80. The first-order chi connectivity index (χ1) is 12.1. The minimum absolute atomic E-state index is 0.000228. The van der Waals surface area contributed by atoms with Gasteiger partial charge in [0.1, 0.15) is 5.75 Å². The molecule has 0 saturated heterocycles. The smallest absolute Gasteiger partial charge is 0.265 e. The van der Waals surface area contributed by atoms with E-state index in [1.165, 1.54) is 30.1 Å². The summed E-state index contributed by atoms with van der Waals surface area (Å²) in [4.78, 5) is 25.9. The maximum absolute atomic E-state index is 13.6. The fourth-order valence-corrected chi connectivity index (χ4v) is 2.55. The highest BCUT2D eigenvalue weighted by molar-refractivity contribution is 5.98. The van der Waals surface area contributed by atoms with Crippen molar-refractivity contribution in [3.63, 3.8) is 0 Å². The van der Waals surface area contributed by atoms with Gasteiger partial charge >= 0.3 is 0 Å². The van der Waals surface area contributed by atoms with Crippen molar-refractivity contribution in [3.8, 4) is 11.5 Å². The Kier molecular flexibility index (Phi) is 4.83. The van der Waals surface area contributed by atoms with Crippen molar-refractivity contribution < 1.29 is 23.5 Å². The van der Waals surface area contributed by atoms with E-state index in [1.807, 2.05) is 0 Å². The Balaban J connectivity index is 1.78. The Morgan fingerprint density at radius 3 is 2.72 bits per heavy atom. The highest BCUT2D eigenvalue weighted by Gasteiger charge is 2.33. The van der Waals surface area contributed by atoms with Crippen LogP contribution in [0.5, 0.6) is 11.5 Å². The summed E-state index contributed by atoms with van der Waals surface area (Å²) in [6, 6.07) is 12.8. The van der Waals surface area contributed by atoms with Crippen LogP contribution in [0, 0.1) is 5.82 Å². The molecular weight excluding hydrogens is 327 g/mol. The molecule has 130 valence electrons. The predicted molar refractivity (Wildman–Crippen MR) is 89.2 cm³/mol. The summed E-state index contributed by atoms with van der Waals surface area (Å²) in [5.74, 6) is -0.835. The molecular formula is C18H17FN2O4. The van der Waals surface area contributed by atoms with Gasteiger partial charge < -0.3 is 19.7 Å². The second-order valence-electron chi connectivity index (χ2n) is 5.41. The lowest BCUT2D eigenvalue weighted by Gasteiger charge is -2.33. The number of likely N-dealkylation sites (N-methyl/N-ethyl adjacent to an activating group) is 1. The lowest BCUT2D eigenvalue weighted by atomic mass is 10.1. The monoisotopic (exact) mass is 344 g/mol. The molecule has 0 unspecified atom stereocenters. The molecule has 3 rings (SSSR count).